The maximum Gasteiger partial charge on any atom is 0.494 e. The van der Waals surface area contributed by atoms with Crippen molar-refractivity contribution < 1.29 is 19.2 Å². The maximum atomic E-state index is 10.8. The van der Waals surface area contributed by atoms with Gasteiger partial charge in [-0.05, 0) is 28.7 Å². The summed E-state index contributed by atoms with van der Waals surface area (Å²) < 4.78 is 12.7. The maximum absolute atomic E-state index is 10.8. The molecule has 1 fully saturated rings. The van der Waals surface area contributed by atoms with Gasteiger partial charge in [-0.3, -0.25) is 4.79 Å². The second-order valence-corrected chi connectivity index (χ2v) is 7.94. The van der Waals surface area contributed by atoms with Crippen molar-refractivity contribution in [2.75, 3.05) is 5.75 Å². The van der Waals surface area contributed by atoms with Crippen LogP contribution in [-0.2, 0) is 14.1 Å². The normalized spacial score (nSPS) is 19.1. The molecule has 29 heavy (non-hydrogen) atoms. The van der Waals surface area contributed by atoms with Crippen molar-refractivity contribution in [3.63, 3.8) is 0 Å². The molecule has 0 amide bonds. The SMILES string of the molecule is O=C(O)CSc1ccc(B2OC(c3ccccc3)CC(c3ccccc3)O2)cc1. The zero-order valence-corrected chi connectivity index (χ0v) is 16.6. The van der Waals surface area contributed by atoms with Crippen LogP contribution in [0, 0.1) is 0 Å². The van der Waals surface area contributed by atoms with Gasteiger partial charge >= 0.3 is 13.1 Å². The van der Waals surface area contributed by atoms with Gasteiger partial charge in [-0.2, -0.15) is 0 Å². The average Bonchev–Trinajstić information content (AvgIpc) is 2.79. The Morgan fingerprint density at radius 1 is 0.862 bits per heavy atom. The molecule has 4 rings (SSSR count). The molecular formula is C23H21BO4S. The average molecular weight is 404 g/mol. The van der Waals surface area contributed by atoms with Gasteiger partial charge in [0.25, 0.3) is 0 Å². The number of rotatable bonds is 6. The summed E-state index contributed by atoms with van der Waals surface area (Å²) in [6, 6.07) is 28.2. The second-order valence-electron chi connectivity index (χ2n) is 6.89. The molecule has 3 aromatic rings. The molecule has 1 heterocycles. The lowest BCUT2D eigenvalue weighted by Crippen LogP contribution is -2.43. The van der Waals surface area contributed by atoms with Gasteiger partial charge in [0.05, 0.1) is 18.0 Å². The van der Waals surface area contributed by atoms with Crippen LogP contribution in [0.5, 0.6) is 0 Å². The van der Waals surface area contributed by atoms with E-state index in [0.717, 1.165) is 27.9 Å². The molecule has 6 heteroatoms. The Balaban J connectivity index is 1.57. The van der Waals surface area contributed by atoms with Crippen molar-refractivity contribution in [2.24, 2.45) is 0 Å². The summed E-state index contributed by atoms with van der Waals surface area (Å²) in [7, 11) is -0.488. The Morgan fingerprint density at radius 2 is 1.38 bits per heavy atom. The van der Waals surface area contributed by atoms with E-state index < -0.39 is 13.1 Å². The minimum atomic E-state index is -0.825. The molecule has 146 valence electrons. The topological polar surface area (TPSA) is 55.8 Å². The minimum absolute atomic E-state index is 0.0436. The summed E-state index contributed by atoms with van der Waals surface area (Å²) in [5.41, 5.74) is 3.19. The van der Waals surface area contributed by atoms with Crippen LogP contribution < -0.4 is 5.46 Å². The number of carboxylic acid groups (broad SMARTS) is 1. The van der Waals surface area contributed by atoms with Crippen molar-refractivity contribution in [3.8, 4) is 0 Å². The molecule has 1 saturated heterocycles. The Kier molecular flexibility index (Phi) is 6.34. The van der Waals surface area contributed by atoms with Gasteiger partial charge in [0.2, 0.25) is 0 Å². The molecule has 0 bridgehead atoms. The molecule has 1 aliphatic heterocycles. The summed E-state index contributed by atoms with van der Waals surface area (Å²) in [6.07, 6.45) is 0.610. The first-order chi connectivity index (χ1) is 14.2. The monoisotopic (exact) mass is 404 g/mol. The zero-order chi connectivity index (χ0) is 20.1. The lowest BCUT2D eigenvalue weighted by atomic mass is 9.75. The molecule has 0 aliphatic carbocycles. The van der Waals surface area contributed by atoms with E-state index in [4.69, 9.17) is 14.4 Å². The van der Waals surface area contributed by atoms with Crippen LogP contribution in [0.3, 0.4) is 0 Å². The van der Waals surface area contributed by atoms with Crippen LogP contribution in [0.1, 0.15) is 29.8 Å². The van der Waals surface area contributed by atoms with Crippen LogP contribution in [0.4, 0.5) is 0 Å². The number of thioether (sulfide) groups is 1. The van der Waals surface area contributed by atoms with Crippen molar-refractivity contribution >= 4 is 30.3 Å². The number of hydrogen-bond donors (Lipinski definition) is 1. The van der Waals surface area contributed by atoms with Crippen LogP contribution in [0.15, 0.2) is 89.8 Å². The first-order valence-corrected chi connectivity index (χ1v) is 10.5. The van der Waals surface area contributed by atoms with E-state index in [-0.39, 0.29) is 18.0 Å². The summed E-state index contributed by atoms with van der Waals surface area (Å²) >= 11 is 1.30. The van der Waals surface area contributed by atoms with Gasteiger partial charge in [-0.15, -0.1) is 11.8 Å². The Bertz CT molecular complexity index is 887. The van der Waals surface area contributed by atoms with Gasteiger partial charge in [-0.25, -0.2) is 0 Å². The zero-order valence-electron chi connectivity index (χ0n) is 15.8. The third-order valence-corrected chi connectivity index (χ3v) is 5.86. The highest BCUT2D eigenvalue weighted by molar-refractivity contribution is 8.00. The molecule has 3 aromatic carbocycles. The van der Waals surface area contributed by atoms with Crippen molar-refractivity contribution in [1.29, 1.82) is 0 Å². The molecule has 0 aromatic heterocycles. The predicted molar refractivity (Wildman–Crippen MR) is 115 cm³/mol. The third-order valence-electron chi connectivity index (χ3n) is 4.86. The Hall–Kier alpha value is -2.54. The van der Waals surface area contributed by atoms with Gasteiger partial charge in [-0.1, -0.05) is 72.8 Å². The fourth-order valence-corrected chi connectivity index (χ4v) is 4.04. The lowest BCUT2D eigenvalue weighted by molar-refractivity contribution is -0.133. The minimum Gasteiger partial charge on any atom is -0.481 e. The number of carbonyl (C=O) groups is 1. The molecular weight excluding hydrogens is 383 g/mol. The quantitative estimate of drug-likeness (QED) is 0.485. The van der Waals surface area contributed by atoms with Gasteiger partial charge in [0, 0.05) is 11.3 Å². The smallest absolute Gasteiger partial charge is 0.481 e. The first kappa shape index (κ1) is 19.8. The number of benzene rings is 3. The highest BCUT2D eigenvalue weighted by atomic mass is 32.2. The van der Waals surface area contributed by atoms with E-state index >= 15 is 0 Å². The standard InChI is InChI=1S/C23H21BO4S/c25-23(26)16-29-20-13-11-19(12-14-20)24-27-21(17-7-3-1-4-8-17)15-22(28-24)18-9-5-2-6-10-18/h1-14,21-22H,15-16H2,(H,25,26). The second kappa shape index (κ2) is 9.31. The summed E-state index contributed by atoms with van der Waals surface area (Å²) in [4.78, 5) is 11.7. The van der Waals surface area contributed by atoms with E-state index in [1.165, 1.54) is 11.8 Å². The highest BCUT2D eigenvalue weighted by Gasteiger charge is 2.36. The molecule has 2 atom stereocenters. The molecule has 0 spiro atoms. The molecule has 2 unspecified atom stereocenters. The Labute approximate surface area is 175 Å². The fraction of sp³-hybridized carbons (Fsp3) is 0.174. The summed E-state index contributed by atoms with van der Waals surface area (Å²) in [6.45, 7) is 0. The van der Waals surface area contributed by atoms with Crippen LogP contribution in [0.25, 0.3) is 0 Å². The predicted octanol–water partition coefficient (Wildman–Crippen LogP) is 4.48. The van der Waals surface area contributed by atoms with Crippen LogP contribution >= 0.6 is 11.8 Å². The third kappa shape index (κ3) is 5.09. The summed E-state index contributed by atoms with van der Waals surface area (Å²) in [5, 5.41) is 8.85. The highest BCUT2D eigenvalue weighted by Crippen LogP contribution is 2.37. The van der Waals surface area contributed by atoms with Crippen LogP contribution in [0.2, 0.25) is 0 Å². The van der Waals surface area contributed by atoms with Crippen LogP contribution in [-0.4, -0.2) is 23.9 Å². The fourth-order valence-electron chi connectivity index (χ4n) is 3.42. The van der Waals surface area contributed by atoms with Crippen molar-refractivity contribution in [2.45, 2.75) is 23.5 Å². The number of hydrogen-bond acceptors (Lipinski definition) is 4. The van der Waals surface area contributed by atoms with E-state index in [2.05, 4.69) is 24.3 Å². The van der Waals surface area contributed by atoms with Gasteiger partial charge in [0.15, 0.2) is 0 Å². The number of aliphatic carboxylic acids is 1. The molecule has 4 nitrogen and oxygen atoms in total. The van der Waals surface area contributed by atoms with Gasteiger partial charge in [0.1, 0.15) is 0 Å². The van der Waals surface area contributed by atoms with E-state index in [1.807, 2.05) is 60.7 Å². The Morgan fingerprint density at radius 3 is 1.86 bits per heavy atom. The van der Waals surface area contributed by atoms with E-state index in [0.29, 0.717) is 0 Å². The largest absolute Gasteiger partial charge is 0.494 e. The molecule has 0 saturated carbocycles. The first-order valence-electron chi connectivity index (χ1n) is 9.54. The molecule has 1 aliphatic rings. The molecule has 0 radical (unpaired) electrons. The van der Waals surface area contributed by atoms with Gasteiger partial charge < -0.3 is 14.4 Å². The van der Waals surface area contributed by atoms with Crippen molar-refractivity contribution in [3.05, 3.63) is 96.1 Å². The van der Waals surface area contributed by atoms with Crippen molar-refractivity contribution in [1.82, 2.24) is 0 Å². The lowest BCUT2D eigenvalue weighted by Gasteiger charge is -2.35. The summed E-state index contributed by atoms with van der Waals surface area (Å²) in [5.74, 6) is -0.781. The van der Waals surface area contributed by atoms with E-state index in [9.17, 15) is 4.79 Å². The number of carboxylic acids is 1. The van der Waals surface area contributed by atoms with E-state index in [1.54, 1.807) is 0 Å². The molecule has 1 N–H and O–H groups in total.